The molecule has 36 heavy (non-hydrogen) atoms. The number of benzene rings is 2. The van der Waals surface area contributed by atoms with Crippen LogP contribution in [0.25, 0.3) is 10.9 Å². The fourth-order valence-corrected chi connectivity index (χ4v) is 5.26. The summed E-state index contributed by atoms with van der Waals surface area (Å²) < 4.78 is 0. The number of hydrogen-bond donors (Lipinski definition) is 1. The minimum Gasteiger partial charge on any atom is -0.376 e. The molecule has 1 N–H and O–H groups in total. The summed E-state index contributed by atoms with van der Waals surface area (Å²) in [5, 5.41) is 13.1. The second-order valence-electron chi connectivity index (χ2n) is 9.87. The van der Waals surface area contributed by atoms with Gasteiger partial charge in [0.25, 0.3) is 5.91 Å². The maximum Gasteiger partial charge on any atom is 0.254 e. The van der Waals surface area contributed by atoms with E-state index >= 15 is 0 Å². The standard InChI is InChI=1S/C29H31N5O2/c1-20-6-5-13-33(14-11-20)29(36)28-23-9-2-3-10-25(23)32-26-12-15-34(19-24(26)28)27(35)18-31-22-8-4-7-21(16-22)17-30/h2-4,7-10,16,20,31H,5-6,11-15,18-19H2,1H3. The number of aromatic nitrogens is 1. The zero-order chi connectivity index (χ0) is 25.1. The Morgan fingerprint density at radius 2 is 1.94 bits per heavy atom. The Hall–Kier alpha value is -3.92. The van der Waals surface area contributed by atoms with E-state index in [1.165, 1.54) is 0 Å². The van der Waals surface area contributed by atoms with Crippen LogP contribution in [0.2, 0.25) is 0 Å². The van der Waals surface area contributed by atoms with E-state index in [2.05, 4.69) is 18.3 Å². The molecule has 3 aromatic rings. The Kier molecular flexibility index (Phi) is 6.86. The van der Waals surface area contributed by atoms with Gasteiger partial charge in [-0.05, 0) is 49.4 Å². The lowest BCUT2D eigenvalue weighted by Crippen LogP contribution is -2.41. The van der Waals surface area contributed by atoms with E-state index in [9.17, 15) is 9.59 Å². The van der Waals surface area contributed by atoms with E-state index in [0.29, 0.717) is 36.6 Å². The van der Waals surface area contributed by atoms with Gasteiger partial charge >= 0.3 is 0 Å². The van der Waals surface area contributed by atoms with Crippen LogP contribution in [0.3, 0.4) is 0 Å². The molecule has 0 spiro atoms. The number of carbonyl (C=O) groups is 2. The summed E-state index contributed by atoms with van der Waals surface area (Å²) in [4.78, 5) is 35.8. The molecule has 5 rings (SSSR count). The largest absolute Gasteiger partial charge is 0.376 e. The third-order valence-electron chi connectivity index (χ3n) is 7.35. The summed E-state index contributed by atoms with van der Waals surface area (Å²) >= 11 is 0. The van der Waals surface area contributed by atoms with Crippen LogP contribution in [0.15, 0.2) is 48.5 Å². The van der Waals surface area contributed by atoms with Crippen LogP contribution in [0.1, 0.15) is 53.4 Å². The highest BCUT2D eigenvalue weighted by Crippen LogP contribution is 2.30. The van der Waals surface area contributed by atoms with Crippen molar-refractivity contribution in [2.24, 2.45) is 5.92 Å². The van der Waals surface area contributed by atoms with Crippen molar-refractivity contribution in [2.75, 3.05) is 31.5 Å². The summed E-state index contributed by atoms with van der Waals surface area (Å²) in [5.74, 6) is 0.637. The third kappa shape index (κ3) is 4.90. The number of nitriles is 1. The molecule has 1 saturated heterocycles. The SMILES string of the molecule is CC1CCCN(C(=O)c2c3c(nc4ccccc24)CCN(C(=O)CNc2cccc(C#N)c2)C3)CC1. The number of pyridine rings is 1. The van der Waals surface area contributed by atoms with E-state index in [1.807, 2.05) is 35.2 Å². The second-order valence-corrected chi connectivity index (χ2v) is 9.87. The fraction of sp³-hybridized carbons (Fsp3) is 0.379. The molecule has 2 aliphatic rings. The average molecular weight is 482 g/mol. The monoisotopic (exact) mass is 481 g/mol. The van der Waals surface area contributed by atoms with E-state index in [-0.39, 0.29) is 18.4 Å². The summed E-state index contributed by atoms with van der Waals surface area (Å²) in [7, 11) is 0. The minimum atomic E-state index is -0.0434. The first-order valence-electron chi connectivity index (χ1n) is 12.7. The summed E-state index contributed by atoms with van der Waals surface area (Å²) in [5.41, 5.74) is 4.61. The highest BCUT2D eigenvalue weighted by atomic mass is 16.2. The van der Waals surface area contributed by atoms with Gasteiger partial charge in [0, 0.05) is 54.9 Å². The Morgan fingerprint density at radius 3 is 2.81 bits per heavy atom. The van der Waals surface area contributed by atoms with E-state index in [0.717, 1.165) is 60.2 Å². The molecule has 184 valence electrons. The van der Waals surface area contributed by atoms with Crippen LogP contribution in [0, 0.1) is 17.2 Å². The molecule has 7 heteroatoms. The predicted molar refractivity (Wildman–Crippen MR) is 139 cm³/mol. The molecular weight excluding hydrogens is 450 g/mol. The molecule has 0 saturated carbocycles. The molecule has 1 atom stereocenters. The summed E-state index contributed by atoms with van der Waals surface area (Å²) in [6.45, 7) is 4.84. The van der Waals surface area contributed by atoms with Crippen molar-refractivity contribution in [3.63, 3.8) is 0 Å². The molecule has 2 amide bonds. The van der Waals surface area contributed by atoms with Crippen molar-refractivity contribution >= 4 is 28.4 Å². The highest BCUT2D eigenvalue weighted by molar-refractivity contribution is 6.08. The van der Waals surface area contributed by atoms with Crippen molar-refractivity contribution in [3.05, 3.63) is 70.9 Å². The number of anilines is 1. The average Bonchev–Trinajstić information content (AvgIpc) is 3.14. The van der Waals surface area contributed by atoms with Crippen LogP contribution in [0.4, 0.5) is 5.69 Å². The third-order valence-corrected chi connectivity index (χ3v) is 7.35. The predicted octanol–water partition coefficient (Wildman–Crippen LogP) is 4.37. The second kappa shape index (κ2) is 10.4. The lowest BCUT2D eigenvalue weighted by atomic mass is 9.94. The van der Waals surface area contributed by atoms with Crippen molar-refractivity contribution < 1.29 is 9.59 Å². The van der Waals surface area contributed by atoms with Crippen molar-refractivity contribution in [3.8, 4) is 6.07 Å². The molecule has 1 aromatic heterocycles. The number of nitrogens with one attached hydrogen (secondary N) is 1. The zero-order valence-corrected chi connectivity index (χ0v) is 20.7. The molecule has 1 fully saturated rings. The topological polar surface area (TPSA) is 89.3 Å². The summed E-state index contributed by atoms with van der Waals surface area (Å²) in [6.07, 6.45) is 3.79. The first-order chi connectivity index (χ1) is 17.5. The number of para-hydroxylation sites is 1. The number of rotatable bonds is 4. The van der Waals surface area contributed by atoms with E-state index < -0.39 is 0 Å². The molecule has 0 radical (unpaired) electrons. The number of fused-ring (bicyclic) bond motifs is 2. The van der Waals surface area contributed by atoms with Gasteiger partial charge in [-0.2, -0.15) is 5.26 Å². The quantitative estimate of drug-likeness (QED) is 0.598. The first-order valence-corrected chi connectivity index (χ1v) is 12.7. The first kappa shape index (κ1) is 23.8. The van der Waals surface area contributed by atoms with Crippen molar-refractivity contribution in [1.29, 1.82) is 5.26 Å². The Labute approximate surface area is 211 Å². The van der Waals surface area contributed by atoms with Crippen LogP contribution < -0.4 is 5.32 Å². The van der Waals surface area contributed by atoms with Gasteiger partial charge in [0.1, 0.15) is 0 Å². The molecule has 3 heterocycles. The number of carbonyl (C=O) groups excluding carboxylic acids is 2. The van der Waals surface area contributed by atoms with Gasteiger partial charge in [-0.1, -0.05) is 31.2 Å². The molecule has 0 aliphatic carbocycles. The normalized spacial score (nSPS) is 17.7. The summed E-state index contributed by atoms with van der Waals surface area (Å²) in [6, 6.07) is 17.1. The van der Waals surface area contributed by atoms with Crippen molar-refractivity contribution in [2.45, 2.75) is 39.2 Å². The number of amides is 2. The molecule has 2 aliphatic heterocycles. The van der Waals surface area contributed by atoms with Gasteiger partial charge in [-0.15, -0.1) is 0 Å². The highest BCUT2D eigenvalue weighted by Gasteiger charge is 2.30. The lowest BCUT2D eigenvalue weighted by molar-refractivity contribution is -0.130. The number of likely N-dealkylation sites (tertiary alicyclic amines) is 1. The van der Waals surface area contributed by atoms with Gasteiger partial charge in [0.2, 0.25) is 5.91 Å². The minimum absolute atomic E-state index is 0.0434. The van der Waals surface area contributed by atoms with E-state index in [4.69, 9.17) is 10.2 Å². The molecular formula is C29H31N5O2. The fourth-order valence-electron chi connectivity index (χ4n) is 5.26. The van der Waals surface area contributed by atoms with Gasteiger partial charge in [0.05, 0.1) is 29.3 Å². The van der Waals surface area contributed by atoms with Crippen LogP contribution in [-0.4, -0.2) is 52.8 Å². The van der Waals surface area contributed by atoms with Crippen molar-refractivity contribution in [1.82, 2.24) is 14.8 Å². The van der Waals surface area contributed by atoms with Gasteiger partial charge in [0.15, 0.2) is 0 Å². The Morgan fingerprint density at radius 1 is 1.08 bits per heavy atom. The lowest BCUT2D eigenvalue weighted by Gasteiger charge is -2.31. The van der Waals surface area contributed by atoms with Crippen LogP contribution in [0.5, 0.6) is 0 Å². The number of hydrogen-bond acceptors (Lipinski definition) is 5. The van der Waals surface area contributed by atoms with Crippen LogP contribution >= 0.6 is 0 Å². The van der Waals surface area contributed by atoms with Gasteiger partial charge in [-0.25, -0.2) is 0 Å². The van der Waals surface area contributed by atoms with Gasteiger partial charge in [-0.3, -0.25) is 14.6 Å². The maximum atomic E-state index is 13.9. The molecule has 1 unspecified atom stereocenters. The Bertz CT molecular complexity index is 1350. The van der Waals surface area contributed by atoms with E-state index in [1.54, 1.807) is 23.1 Å². The number of nitrogens with zero attached hydrogens (tertiary/aromatic N) is 4. The smallest absolute Gasteiger partial charge is 0.254 e. The maximum absolute atomic E-state index is 13.9. The molecule has 7 nitrogen and oxygen atoms in total. The van der Waals surface area contributed by atoms with Crippen LogP contribution in [-0.2, 0) is 17.8 Å². The molecule has 2 aromatic carbocycles. The Balaban J connectivity index is 1.41. The zero-order valence-electron chi connectivity index (χ0n) is 20.7. The molecule has 0 bridgehead atoms. The van der Waals surface area contributed by atoms with Gasteiger partial charge < -0.3 is 15.1 Å².